The monoisotopic (exact) mass is 493 g/mol. The van der Waals surface area contributed by atoms with Gasteiger partial charge in [-0.2, -0.15) is 0 Å². The number of nitro benzene ring substituents is 3. The summed E-state index contributed by atoms with van der Waals surface area (Å²) in [7, 11) is 0. The Morgan fingerprint density at radius 3 is 1.51 bits per heavy atom. The van der Waals surface area contributed by atoms with Crippen LogP contribution in [0.1, 0.15) is 20.7 Å². The van der Waals surface area contributed by atoms with Gasteiger partial charge >= 0.3 is 29.0 Å². The first-order chi connectivity index (χ1) is 16.1. The van der Waals surface area contributed by atoms with Crippen molar-refractivity contribution in [3.8, 4) is 0 Å². The van der Waals surface area contributed by atoms with Crippen molar-refractivity contribution in [3.63, 3.8) is 0 Å². The predicted octanol–water partition coefficient (Wildman–Crippen LogP) is 0.108. The second-order valence-corrected chi connectivity index (χ2v) is 6.66. The lowest BCUT2D eigenvalue weighted by Crippen LogP contribution is -2.71. The van der Waals surface area contributed by atoms with Gasteiger partial charge in [-0.05, 0) is 6.07 Å². The van der Waals surface area contributed by atoms with Crippen LogP contribution in [0.4, 0.5) is 17.1 Å². The number of carbonyl (C=O) groups excluding carboxylic acids is 2. The fraction of sp³-hybridized carbons (Fsp3) is 0.111. The molecule has 0 saturated carbocycles. The highest BCUT2D eigenvalue weighted by molar-refractivity contribution is 6.29. The fourth-order valence-electron chi connectivity index (χ4n) is 3.09. The summed E-state index contributed by atoms with van der Waals surface area (Å²) in [5.41, 5.74) is -17.1. The molecule has 2 rings (SSSR count). The summed E-state index contributed by atoms with van der Waals surface area (Å²) >= 11 is 0. The first-order valence-electron chi connectivity index (χ1n) is 8.80. The normalized spacial score (nSPS) is 14.1. The molecule has 0 saturated heterocycles. The summed E-state index contributed by atoms with van der Waals surface area (Å²) in [5.74, 6) is -10.2. The average Bonchev–Trinajstić information content (AvgIpc) is 2.80. The van der Waals surface area contributed by atoms with Gasteiger partial charge in [-0.15, -0.1) is 0 Å². The molecule has 0 aliphatic carbocycles. The van der Waals surface area contributed by atoms with E-state index in [0.717, 1.165) is 24.3 Å². The van der Waals surface area contributed by atoms with E-state index in [-0.39, 0.29) is 12.1 Å². The second kappa shape index (κ2) is 9.00. The van der Waals surface area contributed by atoms with E-state index in [1.165, 1.54) is 6.07 Å². The van der Waals surface area contributed by atoms with E-state index in [1.54, 1.807) is 0 Å². The molecule has 0 aliphatic heterocycles. The highest BCUT2D eigenvalue weighted by Crippen LogP contribution is 2.42. The third kappa shape index (κ3) is 3.92. The van der Waals surface area contributed by atoms with Crippen LogP contribution in [0, 0.1) is 30.3 Å². The molecule has 17 nitrogen and oxygen atoms in total. The molecule has 17 heteroatoms. The van der Waals surface area contributed by atoms with Crippen molar-refractivity contribution in [3.05, 3.63) is 83.9 Å². The molecule has 2 aromatic carbocycles. The minimum atomic E-state index is -4.71. The number of carbonyl (C=O) groups is 4. The Bertz CT molecular complexity index is 1310. The molecule has 0 radical (unpaired) electrons. The van der Waals surface area contributed by atoms with Gasteiger partial charge in [0.1, 0.15) is 5.56 Å². The number of benzene rings is 2. The van der Waals surface area contributed by atoms with Crippen LogP contribution in [-0.4, -0.2) is 69.9 Å². The van der Waals surface area contributed by atoms with Crippen molar-refractivity contribution in [1.82, 2.24) is 0 Å². The van der Waals surface area contributed by atoms with Gasteiger partial charge in [-0.3, -0.25) is 39.9 Å². The Balaban J connectivity index is 2.97. The van der Waals surface area contributed by atoms with Gasteiger partial charge in [0.15, 0.2) is 0 Å². The van der Waals surface area contributed by atoms with E-state index in [0.29, 0.717) is 0 Å². The summed E-state index contributed by atoms with van der Waals surface area (Å²) in [4.78, 5) is 78.8. The number of nitrogens with zero attached hydrogens (tertiary/aromatic N) is 3. The minimum Gasteiger partial charge on any atom is -0.479 e. The lowest BCUT2D eigenvalue weighted by Gasteiger charge is -2.34. The SMILES string of the molecule is O=C(O)[C@](O)(C(=O)c1ccccc1)[C@](O)(C(=O)O)C(=O)c1ccc([N+](=O)[O-])c([N+](=O)[O-])c1[N+](=O)[O-]. The van der Waals surface area contributed by atoms with Crippen molar-refractivity contribution in [2.45, 2.75) is 11.2 Å². The first-order valence-corrected chi connectivity index (χ1v) is 8.80. The van der Waals surface area contributed by atoms with E-state index in [2.05, 4.69) is 0 Å². The molecule has 0 spiro atoms. The maximum absolute atomic E-state index is 13.1. The largest absolute Gasteiger partial charge is 0.479 e. The van der Waals surface area contributed by atoms with E-state index in [1.807, 2.05) is 0 Å². The van der Waals surface area contributed by atoms with Gasteiger partial charge in [0.05, 0.1) is 14.8 Å². The van der Waals surface area contributed by atoms with Crippen LogP contribution in [0.5, 0.6) is 0 Å². The molecule has 35 heavy (non-hydrogen) atoms. The Kier molecular flexibility index (Phi) is 6.71. The van der Waals surface area contributed by atoms with Crippen LogP contribution >= 0.6 is 0 Å². The van der Waals surface area contributed by atoms with Crippen LogP contribution in [0.3, 0.4) is 0 Å². The van der Waals surface area contributed by atoms with Crippen molar-refractivity contribution in [2.24, 2.45) is 0 Å². The molecular weight excluding hydrogens is 482 g/mol. The molecule has 2 aromatic rings. The lowest BCUT2D eigenvalue weighted by atomic mass is 9.72. The molecule has 2 atom stereocenters. The third-order valence-electron chi connectivity index (χ3n) is 4.77. The second-order valence-electron chi connectivity index (χ2n) is 6.66. The summed E-state index contributed by atoms with van der Waals surface area (Å²) in [5, 5.41) is 74.3. The summed E-state index contributed by atoms with van der Waals surface area (Å²) in [6.07, 6.45) is 0. The number of ketones is 2. The summed E-state index contributed by atoms with van der Waals surface area (Å²) in [6, 6.07) is 5.67. The molecule has 4 N–H and O–H groups in total. The van der Waals surface area contributed by atoms with Crippen LogP contribution in [0.15, 0.2) is 42.5 Å². The Hall–Kier alpha value is -5.16. The third-order valence-corrected chi connectivity index (χ3v) is 4.77. The topological polar surface area (TPSA) is 279 Å². The number of hydrogen-bond acceptors (Lipinski definition) is 12. The number of aliphatic carboxylic acids is 2. The fourth-order valence-corrected chi connectivity index (χ4v) is 3.09. The minimum absolute atomic E-state index is 0.134. The quantitative estimate of drug-likeness (QED) is 0.148. The number of nitro groups is 3. The highest BCUT2D eigenvalue weighted by Gasteiger charge is 2.70. The summed E-state index contributed by atoms with van der Waals surface area (Å²) < 4.78 is 0. The van der Waals surface area contributed by atoms with Crippen molar-refractivity contribution in [1.29, 1.82) is 0 Å². The van der Waals surface area contributed by atoms with Gasteiger partial charge in [0, 0.05) is 11.6 Å². The smallest absolute Gasteiger partial charge is 0.423 e. The van der Waals surface area contributed by atoms with Gasteiger partial charge in [-0.1, -0.05) is 30.3 Å². The van der Waals surface area contributed by atoms with E-state index in [9.17, 15) is 69.9 Å². The van der Waals surface area contributed by atoms with Gasteiger partial charge < -0.3 is 20.4 Å². The zero-order chi connectivity index (χ0) is 26.9. The number of Topliss-reactive ketones (excluding diaryl/α,β-unsaturated/α-hetero) is 2. The molecule has 0 aromatic heterocycles. The number of hydrogen-bond donors (Lipinski definition) is 4. The molecule has 0 fully saturated rings. The van der Waals surface area contributed by atoms with Crippen molar-refractivity contribution in [2.75, 3.05) is 0 Å². The zero-order valence-electron chi connectivity index (χ0n) is 16.8. The zero-order valence-corrected chi connectivity index (χ0v) is 16.8. The Morgan fingerprint density at radius 2 is 1.11 bits per heavy atom. The molecular formula is C18H11N3O14. The number of carboxylic acids is 2. The Morgan fingerprint density at radius 1 is 0.657 bits per heavy atom. The van der Waals surface area contributed by atoms with Crippen LogP contribution in [0.25, 0.3) is 0 Å². The molecule has 0 aliphatic rings. The molecule has 0 bridgehead atoms. The number of carboxylic acid groups (broad SMARTS) is 2. The number of rotatable bonds is 10. The standard InChI is InChI=1S/C18H11N3O14/c22-13(8-4-2-1-3-5-8)17(28,15(24)25)18(29,16(26)27)14(23)9-6-7-10(19(30)31)12(21(34)35)11(9)20(32)33/h1-7,28-29H,(H,24,25)(H,26,27)/t17-,18-/m1/s1. The molecule has 0 heterocycles. The van der Waals surface area contributed by atoms with Crippen LogP contribution < -0.4 is 0 Å². The Labute approximate surface area is 190 Å². The van der Waals surface area contributed by atoms with Crippen LogP contribution in [-0.2, 0) is 9.59 Å². The predicted molar refractivity (Wildman–Crippen MR) is 107 cm³/mol. The van der Waals surface area contributed by atoms with E-state index in [4.69, 9.17) is 0 Å². The lowest BCUT2D eigenvalue weighted by molar-refractivity contribution is -0.441. The van der Waals surface area contributed by atoms with Crippen molar-refractivity contribution >= 4 is 40.6 Å². The average molecular weight is 493 g/mol. The van der Waals surface area contributed by atoms with Crippen LogP contribution in [0.2, 0.25) is 0 Å². The molecule has 182 valence electrons. The summed E-state index contributed by atoms with van der Waals surface area (Å²) in [6.45, 7) is 0. The van der Waals surface area contributed by atoms with Gasteiger partial charge in [0.2, 0.25) is 11.6 Å². The highest BCUT2D eigenvalue weighted by atomic mass is 16.6. The maximum Gasteiger partial charge on any atom is 0.423 e. The van der Waals surface area contributed by atoms with E-state index < -0.39 is 77.7 Å². The van der Waals surface area contributed by atoms with E-state index >= 15 is 0 Å². The molecule has 0 unspecified atom stereocenters. The number of aliphatic hydroxyl groups is 2. The van der Waals surface area contributed by atoms with Gasteiger partial charge in [0.25, 0.3) is 11.2 Å². The maximum atomic E-state index is 13.1. The first kappa shape index (κ1) is 26.1. The van der Waals surface area contributed by atoms with Crippen molar-refractivity contribution < 1.29 is 54.4 Å². The van der Waals surface area contributed by atoms with Gasteiger partial charge in [-0.25, -0.2) is 9.59 Å². The molecule has 0 amide bonds.